The van der Waals surface area contributed by atoms with Crippen LogP contribution in [0.1, 0.15) is 11.1 Å². The summed E-state index contributed by atoms with van der Waals surface area (Å²) in [6.45, 7) is 1.63. The van der Waals surface area contributed by atoms with Crippen LogP contribution in [0.2, 0.25) is 0 Å². The van der Waals surface area contributed by atoms with Gasteiger partial charge in [-0.3, -0.25) is 0 Å². The maximum Gasteiger partial charge on any atom is 0.204 e. The summed E-state index contributed by atoms with van der Waals surface area (Å²) in [5.41, 5.74) is 3.99. The Hall–Kier alpha value is -3.35. The largest absolute Gasteiger partial charge is 0.496 e. The third kappa shape index (κ3) is 5.23. The van der Waals surface area contributed by atoms with Crippen LogP contribution in [-0.4, -0.2) is 34.5 Å². The molecule has 3 aromatic carbocycles. The number of rotatable bonds is 10. The van der Waals surface area contributed by atoms with Crippen molar-refractivity contribution in [3.8, 4) is 5.75 Å². The quantitative estimate of drug-likeness (QED) is 0.404. The minimum atomic E-state index is -0.676. The van der Waals surface area contributed by atoms with Crippen molar-refractivity contribution in [1.29, 1.82) is 0 Å². The predicted molar refractivity (Wildman–Crippen MR) is 122 cm³/mol. The molecule has 0 fully saturated rings. The number of methoxy groups -OCH3 is 1. The highest BCUT2D eigenvalue weighted by Crippen LogP contribution is 2.21. The maximum atomic E-state index is 10.7. The summed E-state index contributed by atoms with van der Waals surface area (Å²) in [4.78, 5) is 4.71. The molecule has 1 heterocycles. The summed E-state index contributed by atoms with van der Waals surface area (Å²) >= 11 is 0. The molecular weight excluding hydrogens is 390 g/mol. The Kier molecular flexibility index (Phi) is 6.82. The second kappa shape index (κ2) is 10.1. The average molecular weight is 418 g/mol. The van der Waals surface area contributed by atoms with Crippen molar-refractivity contribution in [2.45, 2.75) is 25.8 Å². The molecule has 0 aliphatic rings. The lowest BCUT2D eigenvalue weighted by Gasteiger charge is -2.16. The molecule has 6 heteroatoms. The van der Waals surface area contributed by atoms with E-state index in [0.29, 0.717) is 19.7 Å². The number of aliphatic hydroxyl groups is 1. The van der Waals surface area contributed by atoms with E-state index in [2.05, 4.69) is 17.4 Å². The van der Waals surface area contributed by atoms with Gasteiger partial charge < -0.3 is 24.5 Å². The number of aliphatic hydroxyl groups excluding tert-OH is 1. The number of nitrogens with one attached hydrogen (secondary N) is 1. The molecule has 0 saturated carbocycles. The molecule has 0 bridgehead atoms. The van der Waals surface area contributed by atoms with Crippen molar-refractivity contribution in [2.75, 3.05) is 19.0 Å². The molecule has 1 unspecified atom stereocenters. The average Bonchev–Trinajstić information content (AvgIpc) is 3.16. The Balaban J connectivity index is 1.42. The first-order chi connectivity index (χ1) is 15.2. The van der Waals surface area contributed by atoms with Crippen molar-refractivity contribution in [1.82, 2.24) is 9.55 Å². The highest BCUT2D eigenvalue weighted by Gasteiger charge is 2.15. The van der Waals surface area contributed by atoms with Crippen LogP contribution in [0, 0.1) is 0 Å². The number of ether oxygens (including phenoxy) is 2. The molecule has 0 spiro atoms. The number of para-hydroxylation sites is 3. The molecule has 0 saturated heterocycles. The number of hydrogen-bond acceptors (Lipinski definition) is 5. The first-order valence-corrected chi connectivity index (χ1v) is 10.4. The molecule has 160 valence electrons. The van der Waals surface area contributed by atoms with Gasteiger partial charge in [0.25, 0.3) is 0 Å². The molecule has 0 amide bonds. The van der Waals surface area contributed by atoms with E-state index < -0.39 is 6.10 Å². The maximum absolute atomic E-state index is 10.7. The second-order valence-electron chi connectivity index (χ2n) is 7.35. The zero-order valence-electron chi connectivity index (χ0n) is 17.6. The van der Waals surface area contributed by atoms with E-state index in [9.17, 15) is 5.11 Å². The van der Waals surface area contributed by atoms with Crippen molar-refractivity contribution >= 4 is 17.0 Å². The van der Waals surface area contributed by atoms with E-state index in [1.807, 2.05) is 71.3 Å². The molecule has 2 N–H and O–H groups in total. The summed E-state index contributed by atoms with van der Waals surface area (Å²) < 4.78 is 13.1. The Morgan fingerprint density at radius 2 is 1.71 bits per heavy atom. The van der Waals surface area contributed by atoms with Crippen molar-refractivity contribution in [3.63, 3.8) is 0 Å². The summed E-state index contributed by atoms with van der Waals surface area (Å²) in [5.74, 6) is 1.51. The molecule has 1 aromatic heterocycles. The lowest BCUT2D eigenvalue weighted by Crippen LogP contribution is -2.23. The number of imidazole rings is 1. The van der Waals surface area contributed by atoms with E-state index in [1.54, 1.807) is 7.11 Å². The normalized spacial score (nSPS) is 12.1. The van der Waals surface area contributed by atoms with E-state index >= 15 is 0 Å². The fourth-order valence-corrected chi connectivity index (χ4v) is 3.56. The van der Waals surface area contributed by atoms with Gasteiger partial charge in [-0.05, 0) is 23.8 Å². The fourth-order valence-electron chi connectivity index (χ4n) is 3.56. The predicted octanol–water partition coefficient (Wildman–Crippen LogP) is 4.23. The summed E-state index contributed by atoms with van der Waals surface area (Å²) in [6, 6.07) is 25.8. The number of nitrogens with zero attached hydrogens (tertiary/aromatic N) is 2. The Labute approximate surface area is 182 Å². The number of anilines is 1. The lowest BCUT2D eigenvalue weighted by atomic mass is 10.2. The fraction of sp³-hybridized carbons (Fsp3) is 0.240. The van der Waals surface area contributed by atoms with E-state index in [4.69, 9.17) is 14.5 Å². The van der Waals surface area contributed by atoms with Gasteiger partial charge in [-0.15, -0.1) is 0 Å². The summed E-state index contributed by atoms with van der Waals surface area (Å²) in [5, 5.41) is 14.1. The molecule has 0 aliphatic heterocycles. The zero-order valence-corrected chi connectivity index (χ0v) is 17.6. The van der Waals surface area contributed by atoms with Gasteiger partial charge in [-0.1, -0.05) is 60.7 Å². The van der Waals surface area contributed by atoms with Gasteiger partial charge in [-0.2, -0.15) is 0 Å². The van der Waals surface area contributed by atoms with Crippen molar-refractivity contribution in [2.24, 2.45) is 0 Å². The molecule has 6 nitrogen and oxygen atoms in total. The van der Waals surface area contributed by atoms with Crippen molar-refractivity contribution < 1.29 is 14.6 Å². The monoisotopic (exact) mass is 417 g/mol. The van der Waals surface area contributed by atoms with Crippen LogP contribution >= 0.6 is 0 Å². The molecule has 1 atom stereocenters. The van der Waals surface area contributed by atoms with Gasteiger partial charge in [0, 0.05) is 12.1 Å². The van der Waals surface area contributed by atoms with Crippen LogP contribution < -0.4 is 10.1 Å². The second-order valence-corrected chi connectivity index (χ2v) is 7.35. The minimum absolute atomic E-state index is 0.211. The molecule has 31 heavy (non-hydrogen) atoms. The summed E-state index contributed by atoms with van der Waals surface area (Å²) in [6.07, 6.45) is -0.676. The standard InChI is InChI=1S/C25H27N3O3/c1-30-24-14-8-5-11-20(24)17-31-18-21(29)16-28-23-13-7-6-12-22(23)27-25(28)26-15-19-9-3-2-4-10-19/h2-14,21,29H,15-18H2,1H3,(H,26,27). The van der Waals surface area contributed by atoms with Gasteiger partial charge in [0.2, 0.25) is 5.95 Å². The van der Waals surface area contributed by atoms with Crippen LogP contribution in [0.4, 0.5) is 5.95 Å². The highest BCUT2D eigenvalue weighted by atomic mass is 16.5. The molecule has 0 radical (unpaired) electrons. The number of fused-ring (bicyclic) bond motifs is 1. The van der Waals surface area contributed by atoms with Crippen LogP contribution in [0.3, 0.4) is 0 Å². The molecule has 0 aliphatic carbocycles. The van der Waals surface area contributed by atoms with Crippen molar-refractivity contribution in [3.05, 3.63) is 90.0 Å². The van der Waals surface area contributed by atoms with Gasteiger partial charge in [-0.25, -0.2) is 4.98 Å². The minimum Gasteiger partial charge on any atom is -0.496 e. The Bertz CT molecular complexity index is 1110. The van der Waals surface area contributed by atoms with Crippen LogP contribution in [0.25, 0.3) is 11.0 Å². The zero-order chi connectivity index (χ0) is 21.5. The van der Waals surface area contributed by atoms with Gasteiger partial charge in [0.05, 0.1) is 44.0 Å². The first kappa shape index (κ1) is 20.9. The topological polar surface area (TPSA) is 68.5 Å². The summed E-state index contributed by atoms with van der Waals surface area (Å²) in [7, 11) is 1.64. The molecule has 4 rings (SSSR count). The smallest absolute Gasteiger partial charge is 0.204 e. The number of hydrogen-bond donors (Lipinski definition) is 2. The number of aromatic nitrogens is 2. The third-order valence-electron chi connectivity index (χ3n) is 5.10. The Morgan fingerprint density at radius 1 is 0.968 bits per heavy atom. The lowest BCUT2D eigenvalue weighted by molar-refractivity contribution is 0.0205. The van der Waals surface area contributed by atoms with Crippen LogP contribution in [0.15, 0.2) is 78.9 Å². The van der Waals surface area contributed by atoms with E-state index in [0.717, 1.165) is 28.3 Å². The molecular formula is C25H27N3O3. The highest BCUT2D eigenvalue weighted by molar-refractivity contribution is 5.78. The first-order valence-electron chi connectivity index (χ1n) is 10.4. The van der Waals surface area contributed by atoms with Gasteiger partial charge >= 0.3 is 0 Å². The van der Waals surface area contributed by atoms with Crippen LogP contribution in [-0.2, 0) is 24.4 Å². The van der Waals surface area contributed by atoms with Crippen LogP contribution in [0.5, 0.6) is 5.75 Å². The number of benzene rings is 3. The van der Waals surface area contributed by atoms with Gasteiger partial charge in [0.1, 0.15) is 5.75 Å². The van der Waals surface area contributed by atoms with Gasteiger partial charge in [0.15, 0.2) is 0 Å². The SMILES string of the molecule is COc1ccccc1COCC(O)Cn1c(NCc2ccccc2)nc2ccccc21. The van der Waals surface area contributed by atoms with E-state index in [1.165, 1.54) is 5.56 Å². The molecule has 4 aromatic rings. The van der Waals surface area contributed by atoms with E-state index in [-0.39, 0.29) is 6.61 Å². The third-order valence-corrected chi connectivity index (χ3v) is 5.10. The Morgan fingerprint density at radius 3 is 2.55 bits per heavy atom.